The number of rotatable bonds is 10. The largest absolute Gasteiger partial charge is 0.496 e. The normalized spacial score (nSPS) is 11.3. The second-order valence-corrected chi connectivity index (χ2v) is 11.6. The molecule has 6 rings (SSSR count). The Kier molecular flexibility index (Phi) is 9.36. The number of para-hydroxylation sites is 1. The smallest absolute Gasteiger partial charge is 0.282 e. The summed E-state index contributed by atoms with van der Waals surface area (Å²) in [4.78, 5) is 31.1. The van der Waals surface area contributed by atoms with Gasteiger partial charge in [0, 0.05) is 15.7 Å². The number of fused-ring (bicyclic) bond motifs is 2. The zero-order valence-corrected chi connectivity index (χ0v) is 28.1. The summed E-state index contributed by atoms with van der Waals surface area (Å²) in [6.45, 7) is 1.72. The van der Waals surface area contributed by atoms with Crippen molar-refractivity contribution < 1.29 is 27.8 Å². The quantitative estimate of drug-likeness (QED) is 0.142. The van der Waals surface area contributed by atoms with Gasteiger partial charge in [-0.2, -0.15) is 9.78 Å². The fourth-order valence-corrected chi connectivity index (χ4v) is 5.77. The predicted octanol–water partition coefficient (Wildman–Crippen LogP) is 7.78. The van der Waals surface area contributed by atoms with Gasteiger partial charge in [0.05, 0.1) is 40.7 Å². The molecule has 0 unspecified atom stereocenters. The average Bonchev–Trinajstić information content (AvgIpc) is 3.51. The van der Waals surface area contributed by atoms with Crippen LogP contribution in [-0.2, 0) is 4.79 Å². The van der Waals surface area contributed by atoms with Crippen molar-refractivity contribution in [2.45, 2.75) is 6.92 Å². The molecule has 238 valence electrons. The molecule has 0 spiro atoms. The topological polar surface area (TPSA) is 117 Å². The summed E-state index contributed by atoms with van der Waals surface area (Å²) in [5, 5.41) is 8.25. The van der Waals surface area contributed by atoms with Gasteiger partial charge in [0.1, 0.15) is 17.1 Å². The lowest BCUT2D eigenvalue weighted by Gasteiger charge is -2.16. The lowest BCUT2D eigenvalue weighted by Crippen LogP contribution is -2.21. The van der Waals surface area contributed by atoms with E-state index in [0.717, 1.165) is 5.39 Å². The summed E-state index contributed by atoms with van der Waals surface area (Å²) in [5.74, 6) is 0.723. The van der Waals surface area contributed by atoms with Crippen LogP contribution >= 0.6 is 31.9 Å². The van der Waals surface area contributed by atoms with E-state index in [9.17, 15) is 14.0 Å². The maximum Gasteiger partial charge on any atom is 0.282 e. The number of nitrogens with one attached hydrogen (secondary N) is 1. The number of hydrogen-bond donors (Lipinski definition) is 1. The van der Waals surface area contributed by atoms with E-state index in [0.29, 0.717) is 60.5 Å². The highest BCUT2D eigenvalue weighted by molar-refractivity contribution is 9.13. The molecule has 0 saturated heterocycles. The van der Waals surface area contributed by atoms with Crippen molar-refractivity contribution in [3.05, 3.63) is 110 Å². The summed E-state index contributed by atoms with van der Waals surface area (Å²) < 4.78 is 38.9. The third kappa shape index (κ3) is 6.62. The first kappa shape index (κ1) is 32.0. The monoisotopic (exact) mass is 762 g/mol. The van der Waals surface area contributed by atoms with Gasteiger partial charge in [-0.3, -0.25) is 9.59 Å². The second kappa shape index (κ2) is 13.8. The summed E-state index contributed by atoms with van der Waals surface area (Å²) in [6, 6.07) is 21.4. The van der Waals surface area contributed by atoms with Gasteiger partial charge in [-0.15, -0.1) is 0 Å². The number of hydrogen-bond acceptors (Lipinski definition) is 8. The molecular formula is C34H25Br2FN4O6. The zero-order chi connectivity index (χ0) is 33.1. The summed E-state index contributed by atoms with van der Waals surface area (Å²) in [7, 11) is 1.57. The average molecular weight is 764 g/mol. The number of anilines is 1. The van der Waals surface area contributed by atoms with Crippen LogP contribution in [0.3, 0.4) is 0 Å². The Bertz CT molecular complexity index is 2230. The minimum Gasteiger partial charge on any atom is -0.496 e. The van der Waals surface area contributed by atoms with E-state index < -0.39 is 17.3 Å². The fourth-order valence-electron chi connectivity index (χ4n) is 4.83. The Labute approximate surface area is 284 Å². The van der Waals surface area contributed by atoms with Gasteiger partial charge in [-0.05, 0) is 93.4 Å². The highest BCUT2D eigenvalue weighted by atomic mass is 79.9. The fraction of sp³-hybridized carbons (Fsp3) is 0.118. The number of furan rings is 1. The van der Waals surface area contributed by atoms with Crippen LogP contribution in [0.4, 0.5) is 10.1 Å². The molecule has 0 aliphatic heterocycles. The molecule has 13 heteroatoms. The molecule has 0 fully saturated rings. The maximum absolute atomic E-state index is 13.8. The van der Waals surface area contributed by atoms with Crippen LogP contribution < -0.4 is 25.1 Å². The first-order valence-corrected chi connectivity index (χ1v) is 15.8. The number of ether oxygens (including phenoxy) is 3. The van der Waals surface area contributed by atoms with E-state index in [1.54, 1.807) is 62.6 Å². The van der Waals surface area contributed by atoms with E-state index >= 15 is 0 Å². The Morgan fingerprint density at radius 2 is 1.81 bits per heavy atom. The van der Waals surface area contributed by atoms with Crippen LogP contribution in [0.2, 0.25) is 0 Å². The van der Waals surface area contributed by atoms with Crippen LogP contribution in [0, 0.1) is 5.82 Å². The predicted molar refractivity (Wildman–Crippen MR) is 184 cm³/mol. The molecular weight excluding hydrogens is 739 g/mol. The molecule has 2 heterocycles. The van der Waals surface area contributed by atoms with Crippen LogP contribution in [0.25, 0.3) is 33.5 Å². The maximum atomic E-state index is 13.8. The van der Waals surface area contributed by atoms with Gasteiger partial charge in [0.2, 0.25) is 5.82 Å². The van der Waals surface area contributed by atoms with Crippen LogP contribution in [0.5, 0.6) is 17.2 Å². The number of aromatic nitrogens is 2. The van der Waals surface area contributed by atoms with E-state index in [-0.39, 0.29) is 18.2 Å². The number of benzene rings is 4. The Morgan fingerprint density at radius 3 is 2.60 bits per heavy atom. The lowest BCUT2D eigenvalue weighted by atomic mass is 10.2. The molecule has 0 radical (unpaired) electrons. The van der Waals surface area contributed by atoms with Gasteiger partial charge < -0.3 is 23.9 Å². The molecule has 0 aliphatic rings. The molecule has 47 heavy (non-hydrogen) atoms. The number of nitrogens with zero attached hydrogens (tertiary/aromatic N) is 3. The van der Waals surface area contributed by atoms with E-state index in [1.807, 2.05) is 12.1 Å². The van der Waals surface area contributed by atoms with Gasteiger partial charge in [0.25, 0.3) is 11.5 Å². The van der Waals surface area contributed by atoms with Crippen molar-refractivity contribution in [3.8, 4) is 28.8 Å². The van der Waals surface area contributed by atoms with Crippen molar-refractivity contribution in [1.82, 2.24) is 9.66 Å². The minimum absolute atomic E-state index is 0.188. The summed E-state index contributed by atoms with van der Waals surface area (Å²) >= 11 is 7.10. The molecule has 0 bridgehead atoms. The highest BCUT2D eigenvalue weighted by Gasteiger charge is 2.20. The number of carbonyl (C=O) groups is 1. The van der Waals surface area contributed by atoms with Crippen LogP contribution in [-0.4, -0.2) is 42.1 Å². The SMILES string of the molecule is CCOc1cc(C=Nn2c(-c3cc4c(OC)cccc4o3)nc3ccccc3c2=O)c(Br)c(Br)c1OCC(=O)Nc1cccc(F)c1. The van der Waals surface area contributed by atoms with Crippen LogP contribution in [0.15, 0.2) is 102 Å². The van der Waals surface area contributed by atoms with Gasteiger partial charge in [0.15, 0.2) is 23.9 Å². The standard InChI is InChI=1S/C34H25Br2FN4O6/c1-3-45-27-14-19(30(35)31(36)32(27)46-18-29(42)39-21-9-6-8-20(37)15-21)17-38-41-33(40-24-11-5-4-10-22(24)34(41)43)28-16-23-25(44-2)12-7-13-26(23)47-28/h4-17H,3,18H2,1-2H3,(H,39,42). The minimum atomic E-state index is -0.495. The van der Waals surface area contributed by atoms with Crippen molar-refractivity contribution >= 4 is 71.5 Å². The van der Waals surface area contributed by atoms with E-state index in [1.165, 1.54) is 29.1 Å². The number of methoxy groups -OCH3 is 1. The van der Waals surface area contributed by atoms with Crippen molar-refractivity contribution in [1.29, 1.82) is 0 Å². The Hall–Kier alpha value is -5.01. The summed E-state index contributed by atoms with van der Waals surface area (Å²) in [6.07, 6.45) is 1.47. The van der Waals surface area contributed by atoms with Crippen LogP contribution in [0.1, 0.15) is 12.5 Å². The third-order valence-electron chi connectivity index (χ3n) is 6.94. The molecule has 2 aromatic heterocycles. The Balaban J connectivity index is 1.37. The third-order valence-corrected chi connectivity index (χ3v) is 9.08. The van der Waals surface area contributed by atoms with Gasteiger partial charge in [-0.1, -0.05) is 24.3 Å². The number of carbonyl (C=O) groups excluding carboxylic acids is 1. The second-order valence-electron chi connectivity index (χ2n) is 10.00. The molecule has 1 N–H and O–H groups in total. The van der Waals surface area contributed by atoms with E-state index in [2.05, 4.69) is 42.3 Å². The number of halogens is 3. The molecule has 10 nitrogen and oxygen atoms in total. The first-order chi connectivity index (χ1) is 22.8. The molecule has 4 aromatic carbocycles. The van der Waals surface area contributed by atoms with Gasteiger partial charge >= 0.3 is 0 Å². The van der Waals surface area contributed by atoms with Crippen molar-refractivity contribution in [3.63, 3.8) is 0 Å². The molecule has 0 atom stereocenters. The Morgan fingerprint density at radius 1 is 1.00 bits per heavy atom. The van der Waals surface area contributed by atoms with Crippen molar-refractivity contribution in [2.75, 3.05) is 25.6 Å². The first-order valence-electron chi connectivity index (χ1n) is 14.2. The molecule has 1 amide bonds. The zero-order valence-electron chi connectivity index (χ0n) is 24.9. The molecule has 6 aromatic rings. The summed E-state index contributed by atoms with van der Waals surface area (Å²) in [5.41, 5.74) is 1.46. The van der Waals surface area contributed by atoms with Crippen molar-refractivity contribution in [2.24, 2.45) is 5.10 Å². The van der Waals surface area contributed by atoms with Gasteiger partial charge in [-0.25, -0.2) is 9.37 Å². The lowest BCUT2D eigenvalue weighted by molar-refractivity contribution is -0.118. The number of amides is 1. The molecule has 0 saturated carbocycles. The molecule has 0 aliphatic carbocycles. The van der Waals surface area contributed by atoms with E-state index in [4.69, 9.17) is 23.6 Å². The highest BCUT2D eigenvalue weighted by Crippen LogP contribution is 2.42.